The SMILES string of the molecule is COc1ccc(S(=O)(=O)N(Cc2ccccc2N)C(CO)C(=O)[O-])cc1. The van der Waals surface area contributed by atoms with Gasteiger partial charge >= 0.3 is 0 Å². The van der Waals surface area contributed by atoms with Gasteiger partial charge in [0.05, 0.1) is 30.6 Å². The van der Waals surface area contributed by atoms with Crippen LogP contribution >= 0.6 is 0 Å². The van der Waals surface area contributed by atoms with Gasteiger partial charge in [0.15, 0.2) is 0 Å². The molecule has 1 atom stereocenters. The fraction of sp³-hybridized carbons (Fsp3) is 0.235. The molecule has 26 heavy (non-hydrogen) atoms. The van der Waals surface area contributed by atoms with Crippen LogP contribution in [0.3, 0.4) is 0 Å². The van der Waals surface area contributed by atoms with Gasteiger partial charge in [0.25, 0.3) is 0 Å². The van der Waals surface area contributed by atoms with Crippen molar-refractivity contribution in [3.8, 4) is 5.75 Å². The lowest BCUT2D eigenvalue weighted by Gasteiger charge is -2.30. The van der Waals surface area contributed by atoms with Crippen LogP contribution in [-0.2, 0) is 21.4 Å². The van der Waals surface area contributed by atoms with E-state index in [1.807, 2.05) is 0 Å². The first kappa shape index (κ1) is 19.7. The summed E-state index contributed by atoms with van der Waals surface area (Å²) in [5, 5.41) is 20.8. The van der Waals surface area contributed by atoms with Crippen molar-refractivity contribution in [2.45, 2.75) is 17.5 Å². The number of carboxylic acid groups (broad SMARTS) is 1. The number of aliphatic hydroxyl groups excluding tert-OH is 1. The third-order valence-corrected chi connectivity index (χ3v) is 5.71. The van der Waals surface area contributed by atoms with Crippen LogP contribution in [0.4, 0.5) is 5.69 Å². The zero-order valence-corrected chi connectivity index (χ0v) is 14.8. The molecule has 2 rings (SSSR count). The summed E-state index contributed by atoms with van der Waals surface area (Å²) in [6, 6.07) is 10.2. The zero-order chi connectivity index (χ0) is 19.3. The first-order chi connectivity index (χ1) is 12.3. The van der Waals surface area contributed by atoms with Crippen molar-refractivity contribution >= 4 is 21.7 Å². The van der Waals surface area contributed by atoms with E-state index in [9.17, 15) is 23.4 Å². The van der Waals surface area contributed by atoms with E-state index < -0.39 is 28.6 Å². The van der Waals surface area contributed by atoms with E-state index in [2.05, 4.69) is 0 Å². The second-order valence-corrected chi connectivity index (χ2v) is 7.33. The first-order valence-electron chi connectivity index (χ1n) is 7.62. The minimum Gasteiger partial charge on any atom is -0.548 e. The molecule has 0 radical (unpaired) electrons. The Hall–Kier alpha value is -2.62. The number of benzene rings is 2. The first-order valence-corrected chi connectivity index (χ1v) is 9.06. The van der Waals surface area contributed by atoms with Crippen LogP contribution in [0.1, 0.15) is 5.56 Å². The highest BCUT2D eigenvalue weighted by Gasteiger charge is 2.32. The molecule has 0 spiro atoms. The molecule has 0 heterocycles. The van der Waals surface area contributed by atoms with Crippen molar-refractivity contribution in [1.82, 2.24) is 4.31 Å². The Morgan fingerprint density at radius 2 is 1.85 bits per heavy atom. The van der Waals surface area contributed by atoms with Crippen molar-refractivity contribution in [3.63, 3.8) is 0 Å². The summed E-state index contributed by atoms with van der Waals surface area (Å²) in [6.45, 7) is -1.27. The molecule has 0 amide bonds. The Labute approximate surface area is 151 Å². The Bertz CT molecular complexity index is 867. The number of nitrogens with zero attached hydrogens (tertiary/aromatic N) is 1. The number of ether oxygens (including phenoxy) is 1. The minimum atomic E-state index is -4.26. The standard InChI is InChI=1S/C17H20N2O6S/c1-25-13-6-8-14(9-7-13)26(23,24)19(16(11-20)17(21)22)10-12-4-2-3-5-15(12)18/h2-9,16,20H,10-11,18H2,1H3,(H,21,22)/p-1. The fourth-order valence-electron chi connectivity index (χ4n) is 2.38. The normalized spacial score (nSPS) is 12.7. The van der Waals surface area contributed by atoms with Crippen LogP contribution < -0.4 is 15.6 Å². The van der Waals surface area contributed by atoms with Gasteiger partial charge in [0.2, 0.25) is 10.0 Å². The van der Waals surface area contributed by atoms with Gasteiger partial charge in [-0.05, 0) is 35.9 Å². The molecular weight excluding hydrogens is 360 g/mol. The third kappa shape index (κ3) is 4.13. The largest absolute Gasteiger partial charge is 0.548 e. The Morgan fingerprint density at radius 1 is 1.23 bits per heavy atom. The number of rotatable bonds is 8. The summed E-state index contributed by atoms with van der Waals surface area (Å²) in [5.74, 6) is -1.26. The van der Waals surface area contributed by atoms with Crippen LogP contribution in [0.2, 0.25) is 0 Å². The summed E-state index contributed by atoms with van der Waals surface area (Å²) in [6.07, 6.45) is 0. The third-order valence-electron chi connectivity index (χ3n) is 3.84. The lowest BCUT2D eigenvalue weighted by molar-refractivity contribution is -0.311. The number of aliphatic carboxylic acids is 1. The average molecular weight is 379 g/mol. The molecule has 0 saturated carbocycles. The van der Waals surface area contributed by atoms with Crippen LogP contribution in [0.25, 0.3) is 0 Å². The fourth-order valence-corrected chi connectivity index (χ4v) is 3.92. The van der Waals surface area contributed by atoms with E-state index in [0.717, 1.165) is 0 Å². The van der Waals surface area contributed by atoms with Gasteiger partial charge in [-0.2, -0.15) is 4.31 Å². The van der Waals surface area contributed by atoms with Gasteiger partial charge < -0.3 is 25.5 Å². The monoisotopic (exact) mass is 379 g/mol. The van der Waals surface area contributed by atoms with E-state index in [0.29, 0.717) is 21.3 Å². The van der Waals surface area contributed by atoms with Crippen LogP contribution in [0, 0.1) is 0 Å². The minimum absolute atomic E-state index is 0.146. The van der Waals surface area contributed by atoms with E-state index >= 15 is 0 Å². The Morgan fingerprint density at radius 3 is 2.35 bits per heavy atom. The predicted octanol–water partition coefficient (Wildman–Crippen LogP) is -0.421. The number of para-hydroxylation sites is 1. The number of sulfonamides is 1. The van der Waals surface area contributed by atoms with E-state index in [-0.39, 0.29) is 11.4 Å². The van der Waals surface area contributed by atoms with Gasteiger partial charge in [-0.3, -0.25) is 0 Å². The molecule has 0 aliphatic heterocycles. The van der Waals surface area contributed by atoms with E-state index in [1.54, 1.807) is 24.3 Å². The van der Waals surface area contributed by atoms with Crippen LogP contribution in [-0.4, -0.2) is 43.6 Å². The molecule has 2 aromatic rings. The Kier molecular flexibility index (Phi) is 6.19. The molecule has 0 bridgehead atoms. The highest BCUT2D eigenvalue weighted by molar-refractivity contribution is 7.89. The lowest BCUT2D eigenvalue weighted by Crippen LogP contribution is -2.52. The summed E-state index contributed by atoms with van der Waals surface area (Å²) in [4.78, 5) is 11.3. The summed E-state index contributed by atoms with van der Waals surface area (Å²) in [7, 11) is -2.82. The number of nitrogen functional groups attached to an aromatic ring is 1. The molecule has 140 valence electrons. The molecular formula is C17H19N2O6S-. The van der Waals surface area contributed by atoms with Gasteiger partial charge in [-0.1, -0.05) is 18.2 Å². The van der Waals surface area contributed by atoms with Gasteiger partial charge in [0.1, 0.15) is 5.75 Å². The van der Waals surface area contributed by atoms with E-state index in [1.165, 1.54) is 31.4 Å². The maximum Gasteiger partial charge on any atom is 0.244 e. The molecule has 3 N–H and O–H groups in total. The topological polar surface area (TPSA) is 133 Å². The predicted molar refractivity (Wildman–Crippen MR) is 92.5 cm³/mol. The summed E-state index contributed by atoms with van der Waals surface area (Å²) < 4.78 is 31.6. The van der Waals surface area contributed by atoms with Crippen molar-refractivity contribution in [2.24, 2.45) is 0 Å². The van der Waals surface area contributed by atoms with Crippen molar-refractivity contribution < 1.29 is 28.2 Å². The molecule has 2 aromatic carbocycles. The number of hydrogen-bond acceptors (Lipinski definition) is 7. The zero-order valence-electron chi connectivity index (χ0n) is 14.0. The Balaban J connectivity index is 2.50. The summed E-state index contributed by atoms with van der Waals surface area (Å²) in [5.41, 5.74) is 6.55. The molecule has 1 unspecified atom stereocenters. The molecule has 0 aliphatic carbocycles. The van der Waals surface area contributed by atoms with E-state index in [4.69, 9.17) is 10.5 Å². The highest BCUT2D eigenvalue weighted by Crippen LogP contribution is 2.24. The van der Waals surface area contributed by atoms with Crippen molar-refractivity contribution in [2.75, 3.05) is 19.5 Å². The smallest absolute Gasteiger partial charge is 0.244 e. The van der Waals surface area contributed by atoms with Crippen LogP contribution in [0.5, 0.6) is 5.75 Å². The number of methoxy groups -OCH3 is 1. The number of carboxylic acids is 1. The lowest BCUT2D eigenvalue weighted by atomic mass is 10.1. The number of carbonyl (C=O) groups excluding carboxylic acids is 1. The number of carbonyl (C=O) groups is 1. The number of hydrogen-bond donors (Lipinski definition) is 2. The molecule has 0 saturated heterocycles. The van der Waals surface area contributed by atoms with Crippen molar-refractivity contribution in [3.05, 3.63) is 54.1 Å². The van der Waals surface area contributed by atoms with Gasteiger partial charge in [-0.25, -0.2) is 8.42 Å². The van der Waals surface area contributed by atoms with Gasteiger partial charge in [0, 0.05) is 12.2 Å². The quantitative estimate of drug-likeness (QED) is 0.595. The molecule has 0 aliphatic rings. The van der Waals surface area contributed by atoms with Gasteiger partial charge in [-0.15, -0.1) is 0 Å². The maximum absolute atomic E-state index is 13.0. The van der Waals surface area contributed by atoms with Crippen molar-refractivity contribution in [1.29, 1.82) is 0 Å². The average Bonchev–Trinajstić information content (AvgIpc) is 2.62. The summed E-state index contributed by atoms with van der Waals surface area (Å²) >= 11 is 0. The second kappa shape index (κ2) is 8.17. The highest BCUT2D eigenvalue weighted by atomic mass is 32.2. The molecule has 0 aromatic heterocycles. The number of nitrogens with two attached hydrogens (primary N) is 1. The number of aliphatic hydroxyl groups is 1. The molecule has 9 heteroatoms. The molecule has 0 fully saturated rings. The number of anilines is 1. The molecule has 8 nitrogen and oxygen atoms in total. The van der Waals surface area contributed by atoms with Crippen LogP contribution in [0.15, 0.2) is 53.4 Å². The maximum atomic E-state index is 13.0. The second-order valence-electron chi connectivity index (χ2n) is 5.44.